The first-order valence-corrected chi connectivity index (χ1v) is 7.53. The van der Waals surface area contributed by atoms with Gasteiger partial charge in [-0.3, -0.25) is 0 Å². The average Bonchev–Trinajstić information content (AvgIpc) is 2.91. The summed E-state index contributed by atoms with van der Waals surface area (Å²) in [5.74, 6) is 1.94. The van der Waals surface area contributed by atoms with Crippen molar-refractivity contribution in [1.29, 1.82) is 0 Å². The normalized spacial score (nSPS) is 10.9. The molecule has 0 aliphatic carbocycles. The van der Waals surface area contributed by atoms with Crippen LogP contribution >= 0.6 is 0 Å². The number of rotatable bonds is 7. The van der Waals surface area contributed by atoms with E-state index in [4.69, 9.17) is 0 Å². The first-order chi connectivity index (χ1) is 9.78. The molecule has 2 rings (SSSR count). The third-order valence-electron chi connectivity index (χ3n) is 3.26. The molecule has 0 fully saturated rings. The quantitative estimate of drug-likeness (QED) is 0.788. The molecule has 0 saturated carbocycles. The first kappa shape index (κ1) is 14.7. The van der Waals surface area contributed by atoms with Crippen LogP contribution in [-0.4, -0.2) is 21.3 Å². The van der Waals surface area contributed by atoms with Crippen molar-refractivity contribution in [2.24, 2.45) is 0 Å². The summed E-state index contributed by atoms with van der Waals surface area (Å²) in [5, 5.41) is 8.02. The van der Waals surface area contributed by atoms with Gasteiger partial charge in [0, 0.05) is 19.4 Å². The van der Waals surface area contributed by atoms with Crippen LogP contribution in [0.25, 0.3) is 5.69 Å². The Morgan fingerprint density at radius 2 is 2.00 bits per heavy atom. The number of nitrogens with one attached hydrogen (secondary N) is 1. The summed E-state index contributed by atoms with van der Waals surface area (Å²) in [6, 6.07) is 8.52. The summed E-state index contributed by atoms with van der Waals surface area (Å²) >= 11 is 0. The third-order valence-corrected chi connectivity index (χ3v) is 3.26. The summed E-state index contributed by atoms with van der Waals surface area (Å²) < 4.78 is 1.97. The maximum atomic E-state index is 4.59. The molecule has 0 unspecified atom stereocenters. The summed E-state index contributed by atoms with van der Waals surface area (Å²) in [5.41, 5.74) is 2.39. The number of nitrogens with zero attached hydrogens (tertiary/aromatic N) is 3. The van der Waals surface area contributed by atoms with Crippen LogP contribution in [0.1, 0.15) is 44.4 Å². The highest BCUT2D eigenvalue weighted by molar-refractivity contribution is 5.36. The van der Waals surface area contributed by atoms with Crippen LogP contribution in [0.5, 0.6) is 0 Å². The molecule has 1 heterocycles. The second-order valence-electron chi connectivity index (χ2n) is 4.91. The molecule has 0 atom stereocenters. The highest BCUT2D eigenvalue weighted by Crippen LogP contribution is 2.13. The number of hydrogen-bond donors (Lipinski definition) is 1. The van der Waals surface area contributed by atoms with Crippen LogP contribution in [0.15, 0.2) is 24.3 Å². The molecule has 1 aromatic heterocycles. The summed E-state index contributed by atoms with van der Waals surface area (Å²) in [4.78, 5) is 4.56. The minimum Gasteiger partial charge on any atom is -0.313 e. The molecular weight excluding hydrogens is 248 g/mol. The van der Waals surface area contributed by atoms with Crippen molar-refractivity contribution in [2.45, 2.75) is 46.6 Å². The summed E-state index contributed by atoms with van der Waals surface area (Å²) in [6.07, 6.45) is 2.92. The second-order valence-corrected chi connectivity index (χ2v) is 4.91. The maximum absolute atomic E-state index is 4.59. The van der Waals surface area contributed by atoms with Crippen LogP contribution in [0.3, 0.4) is 0 Å². The Balaban J connectivity index is 2.23. The van der Waals surface area contributed by atoms with Gasteiger partial charge in [0.2, 0.25) is 0 Å². The van der Waals surface area contributed by atoms with E-state index in [-0.39, 0.29) is 0 Å². The number of aromatic nitrogens is 3. The largest absolute Gasteiger partial charge is 0.313 e. The van der Waals surface area contributed by atoms with Crippen molar-refractivity contribution >= 4 is 0 Å². The minimum atomic E-state index is 0.873. The fourth-order valence-electron chi connectivity index (χ4n) is 2.18. The van der Waals surface area contributed by atoms with E-state index in [1.807, 2.05) is 4.68 Å². The first-order valence-electron chi connectivity index (χ1n) is 7.53. The van der Waals surface area contributed by atoms with Gasteiger partial charge in [-0.15, -0.1) is 0 Å². The van der Waals surface area contributed by atoms with Gasteiger partial charge >= 0.3 is 0 Å². The van der Waals surface area contributed by atoms with Gasteiger partial charge in [0.25, 0.3) is 0 Å². The lowest BCUT2D eigenvalue weighted by atomic mass is 10.2. The molecule has 0 bridgehead atoms. The molecule has 4 nitrogen and oxygen atoms in total. The molecule has 0 aliphatic rings. The number of aryl methyl sites for hydroxylation is 2. The summed E-state index contributed by atoms with van der Waals surface area (Å²) in [6.45, 7) is 8.33. The monoisotopic (exact) mass is 272 g/mol. The molecule has 20 heavy (non-hydrogen) atoms. The SMILES string of the molecule is CCCNCc1cccc(-n2nc(CC)nc2CC)c1. The minimum absolute atomic E-state index is 0.873. The Labute approximate surface area is 121 Å². The highest BCUT2D eigenvalue weighted by Gasteiger charge is 2.09. The van der Waals surface area contributed by atoms with Gasteiger partial charge in [0.15, 0.2) is 5.82 Å². The van der Waals surface area contributed by atoms with Crippen molar-refractivity contribution in [2.75, 3.05) is 6.54 Å². The molecule has 2 aromatic rings. The predicted octanol–water partition coefficient (Wildman–Crippen LogP) is 2.89. The molecule has 0 aliphatic heterocycles. The van der Waals surface area contributed by atoms with Crippen LogP contribution in [-0.2, 0) is 19.4 Å². The Kier molecular flexibility index (Phi) is 5.30. The topological polar surface area (TPSA) is 42.7 Å². The van der Waals surface area contributed by atoms with E-state index in [9.17, 15) is 0 Å². The Bertz CT molecular complexity index is 545. The number of hydrogen-bond acceptors (Lipinski definition) is 3. The Morgan fingerprint density at radius 3 is 2.70 bits per heavy atom. The van der Waals surface area contributed by atoms with Crippen molar-refractivity contribution in [3.05, 3.63) is 41.5 Å². The zero-order valence-electron chi connectivity index (χ0n) is 12.7. The van der Waals surface area contributed by atoms with E-state index < -0.39 is 0 Å². The van der Waals surface area contributed by atoms with Crippen molar-refractivity contribution < 1.29 is 0 Å². The lowest BCUT2D eigenvalue weighted by Gasteiger charge is -2.08. The van der Waals surface area contributed by atoms with E-state index >= 15 is 0 Å². The van der Waals surface area contributed by atoms with Crippen LogP contribution in [0.4, 0.5) is 0 Å². The molecular formula is C16H24N4. The van der Waals surface area contributed by atoms with Gasteiger partial charge in [0.05, 0.1) is 5.69 Å². The predicted molar refractivity (Wildman–Crippen MR) is 82.1 cm³/mol. The van der Waals surface area contributed by atoms with Gasteiger partial charge in [-0.25, -0.2) is 9.67 Å². The molecule has 0 radical (unpaired) electrons. The van der Waals surface area contributed by atoms with Gasteiger partial charge in [-0.1, -0.05) is 32.9 Å². The van der Waals surface area contributed by atoms with Crippen LogP contribution in [0.2, 0.25) is 0 Å². The molecule has 108 valence electrons. The molecule has 1 N–H and O–H groups in total. The van der Waals surface area contributed by atoms with E-state index in [0.717, 1.165) is 49.7 Å². The van der Waals surface area contributed by atoms with Crippen LogP contribution in [0, 0.1) is 0 Å². The van der Waals surface area contributed by atoms with Gasteiger partial charge in [-0.2, -0.15) is 5.10 Å². The van der Waals surface area contributed by atoms with Crippen molar-refractivity contribution in [3.8, 4) is 5.69 Å². The molecule has 0 amide bonds. The van der Waals surface area contributed by atoms with E-state index in [1.165, 1.54) is 5.56 Å². The van der Waals surface area contributed by atoms with Crippen LogP contribution < -0.4 is 5.32 Å². The maximum Gasteiger partial charge on any atom is 0.151 e. The van der Waals surface area contributed by atoms with Crippen molar-refractivity contribution in [1.82, 2.24) is 20.1 Å². The van der Waals surface area contributed by atoms with E-state index in [2.05, 4.69) is 60.4 Å². The molecule has 0 spiro atoms. The smallest absolute Gasteiger partial charge is 0.151 e. The van der Waals surface area contributed by atoms with Gasteiger partial charge in [0.1, 0.15) is 5.82 Å². The van der Waals surface area contributed by atoms with Gasteiger partial charge in [-0.05, 0) is 30.7 Å². The zero-order valence-corrected chi connectivity index (χ0v) is 12.7. The molecule has 1 aromatic carbocycles. The standard InChI is InChI=1S/C16H24N4/c1-4-10-17-12-13-8-7-9-14(11-13)20-16(6-3)18-15(5-2)19-20/h7-9,11,17H,4-6,10,12H2,1-3H3. The Morgan fingerprint density at radius 1 is 1.15 bits per heavy atom. The third kappa shape index (κ3) is 3.45. The van der Waals surface area contributed by atoms with Gasteiger partial charge < -0.3 is 5.32 Å². The second kappa shape index (κ2) is 7.20. The number of benzene rings is 1. The molecule has 4 heteroatoms. The van der Waals surface area contributed by atoms with Crippen molar-refractivity contribution in [3.63, 3.8) is 0 Å². The fourth-order valence-corrected chi connectivity index (χ4v) is 2.18. The van der Waals surface area contributed by atoms with E-state index in [0.29, 0.717) is 0 Å². The zero-order chi connectivity index (χ0) is 14.4. The molecule has 0 saturated heterocycles. The highest BCUT2D eigenvalue weighted by atomic mass is 15.3. The lowest BCUT2D eigenvalue weighted by molar-refractivity contribution is 0.674. The van der Waals surface area contributed by atoms with E-state index in [1.54, 1.807) is 0 Å². The average molecular weight is 272 g/mol. The summed E-state index contributed by atoms with van der Waals surface area (Å²) in [7, 11) is 0. The fraction of sp³-hybridized carbons (Fsp3) is 0.500. The Hall–Kier alpha value is -1.68. The lowest BCUT2D eigenvalue weighted by Crippen LogP contribution is -2.14.